The lowest BCUT2D eigenvalue weighted by Crippen LogP contribution is -2.33. The zero-order valence-corrected chi connectivity index (χ0v) is 15.4. The van der Waals surface area contributed by atoms with Crippen LogP contribution in [0.25, 0.3) is 11.4 Å². The SMILES string of the molecule is COc1cccc2c1OCC(Nc1cc(C(F)(F)F)nc(-c3ccncc3)n1)C2. The Labute approximate surface area is 164 Å². The lowest BCUT2D eigenvalue weighted by atomic mass is 10.0. The number of benzene rings is 1. The Balaban J connectivity index is 1.63. The monoisotopic (exact) mass is 402 g/mol. The summed E-state index contributed by atoms with van der Waals surface area (Å²) in [5.41, 5.74) is 0.345. The van der Waals surface area contributed by atoms with Crippen molar-refractivity contribution in [1.29, 1.82) is 0 Å². The van der Waals surface area contributed by atoms with Gasteiger partial charge in [0, 0.05) is 29.6 Å². The molecular formula is C20H17F3N4O2. The molecule has 1 aliphatic rings. The van der Waals surface area contributed by atoms with Crippen LogP contribution in [0.15, 0.2) is 48.8 Å². The Kier molecular flexibility index (Phi) is 4.96. The van der Waals surface area contributed by atoms with Crippen molar-refractivity contribution in [2.45, 2.75) is 18.6 Å². The number of nitrogens with one attached hydrogen (secondary N) is 1. The number of anilines is 1. The zero-order valence-electron chi connectivity index (χ0n) is 15.4. The van der Waals surface area contributed by atoms with E-state index < -0.39 is 11.9 Å². The number of nitrogens with zero attached hydrogens (tertiary/aromatic N) is 3. The molecule has 150 valence electrons. The normalized spacial score (nSPS) is 15.9. The van der Waals surface area contributed by atoms with E-state index in [1.165, 1.54) is 12.4 Å². The highest BCUT2D eigenvalue weighted by Gasteiger charge is 2.34. The van der Waals surface area contributed by atoms with E-state index in [4.69, 9.17) is 9.47 Å². The Morgan fingerprint density at radius 3 is 2.66 bits per heavy atom. The van der Waals surface area contributed by atoms with Crippen LogP contribution >= 0.6 is 0 Å². The van der Waals surface area contributed by atoms with Crippen molar-refractivity contribution in [3.05, 3.63) is 60.0 Å². The van der Waals surface area contributed by atoms with E-state index in [1.807, 2.05) is 12.1 Å². The lowest BCUT2D eigenvalue weighted by molar-refractivity contribution is -0.141. The lowest BCUT2D eigenvalue weighted by Gasteiger charge is -2.27. The van der Waals surface area contributed by atoms with Crippen molar-refractivity contribution in [1.82, 2.24) is 15.0 Å². The fraction of sp³-hybridized carbons (Fsp3) is 0.250. The van der Waals surface area contributed by atoms with Crippen LogP contribution in [-0.4, -0.2) is 34.7 Å². The highest BCUT2D eigenvalue weighted by molar-refractivity contribution is 5.57. The maximum absolute atomic E-state index is 13.4. The molecule has 0 saturated carbocycles. The molecule has 0 spiro atoms. The molecule has 3 aromatic rings. The molecular weight excluding hydrogens is 385 g/mol. The van der Waals surface area contributed by atoms with Crippen LogP contribution in [0.4, 0.5) is 19.0 Å². The molecule has 29 heavy (non-hydrogen) atoms. The number of ether oxygens (including phenoxy) is 2. The molecule has 1 aromatic carbocycles. The molecule has 4 rings (SSSR count). The highest BCUT2D eigenvalue weighted by Crippen LogP contribution is 2.35. The smallest absolute Gasteiger partial charge is 0.433 e. The van der Waals surface area contributed by atoms with Crippen LogP contribution in [-0.2, 0) is 12.6 Å². The van der Waals surface area contributed by atoms with Crippen LogP contribution in [0, 0.1) is 0 Å². The quantitative estimate of drug-likeness (QED) is 0.712. The van der Waals surface area contributed by atoms with Gasteiger partial charge in [-0.25, -0.2) is 9.97 Å². The van der Waals surface area contributed by atoms with Crippen LogP contribution in [0.2, 0.25) is 0 Å². The van der Waals surface area contributed by atoms with E-state index in [9.17, 15) is 13.2 Å². The third kappa shape index (κ3) is 4.08. The molecule has 0 fully saturated rings. The fourth-order valence-corrected chi connectivity index (χ4v) is 3.15. The van der Waals surface area contributed by atoms with Gasteiger partial charge in [-0.2, -0.15) is 13.2 Å². The van der Waals surface area contributed by atoms with Crippen molar-refractivity contribution >= 4 is 5.82 Å². The van der Waals surface area contributed by atoms with Crippen LogP contribution in [0.3, 0.4) is 0 Å². The summed E-state index contributed by atoms with van der Waals surface area (Å²) in [5.74, 6) is 1.34. The minimum atomic E-state index is -4.59. The molecule has 0 amide bonds. The van der Waals surface area contributed by atoms with Crippen molar-refractivity contribution in [3.63, 3.8) is 0 Å². The number of fused-ring (bicyclic) bond motifs is 1. The molecule has 0 aliphatic carbocycles. The zero-order chi connectivity index (χ0) is 20.4. The standard InChI is InChI=1S/C20H17F3N4O2/c1-28-15-4-2-3-13-9-14(11-29-18(13)15)25-17-10-16(20(21,22)23)26-19(27-17)12-5-7-24-8-6-12/h2-8,10,14H,9,11H2,1H3,(H,25,26,27). The van der Waals surface area contributed by atoms with Gasteiger partial charge in [-0.1, -0.05) is 12.1 Å². The van der Waals surface area contributed by atoms with Gasteiger partial charge >= 0.3 is 6.18 Å². The second kappa shape index (κ2) is 7.57. The first-order chi connectivity index (χ1) is 13.9. The number of halogens is 3. The van der Waals surface area contributed by atoms with Crippen molar-refractivity contribution in [3.8, 4) is 22.9 Å². The average molecular weight is 402 g/mol. The van der Waals surface area contributed by atoms with Crippen molar-refractivity contribution in [2.75, 3.05) is 19.0 Å². The second-order valence-electron chi connectivity index (χ2n) is 6.50. The fourth-order valence-electron chi connectivity index (χ4n) is 3.15. The molecule has 1 unspecified atom stereocenters. The molecule has 0 radical (unpaired) electrons. The molecule has 2 aromatic heterocycles. The summed E-state index contributed by atoms with van der Waals surface area (Å²) < 4.78 is 51.1. The Hall–Kier alpha value is -3.36. The molecule has 3 heterocycles. The Bertz CT molecular complexity index is 1010. The first-order valence-electron chi connectivity index (χ1n) is 8.86. The number of alkyl halides is 3. The van der Waals surface area contributed by atoms with E-state index in [1.54, 1.807) is 25.3 Å². The summed E-state index contributed by atoms with van der Waals surface area (Å²) in [6.45, 7) is 0.267. The third-order valence-corrected chi connectivity index (χ3v) is 4.48. The topological polar surface area (TPSA) is 69.2 Å². The Morgan fingerprint density at radius 1 is 1.14 bits per heavy atom. The first kappa shape index (κ1) is 19.0. The van der Waals surface area contributed by atoms with Crippen LogP contribution in [0.1, 0.15) is 11.3 Å². The summed E-state index contributed by atoms with van der Waals surface area (Å²) in [7, 11) is 1.56. The predicted octanol–water partition coefficient (Wildman–Crippen LogP) is 3.98. The van der Waals surface area contributed by atoms with Gasteiger partial charge in [0.1, 0.15) is 12.4 Å². The molecule has 1 N–H and O–H groups in total. The number of hydrogen-bond donors (Lipinski definition) is 1. The van der Waals surface area contributed by atoms with Gasteiger partial charge < -0.3 is 14.8 Å². The summed E-state index contributed by atoms with van der Waals surface area (Å²) in [6.07, 6.45) is -1.08. The van der Waals surface area contributed by atoms with E-state index in [0.29, 0.717) is 23.5 Å². The summed E-state index contributed by atoms with van der Waals surface area (Å²) >= 11 is 0. The van der Waals surface area contributed by atoms with Gasteiger partial charge in [0.15, 0.2) is 23.0 Å². The summed E-state index contributed by atoms with van der Waals surface area (Å²) in [5, 5.41) is 3.05. The number of rotatable bonds is 4. The summed E-state index contributed by atoms with van der Waals surface area (Å²) in [6, 6.07) is 9.32. The Morgan fingerprint density at radius 2 is 1.93 bits per heavy atom. The molecule has 6 nitrogen and oxygen atoms in total. The van der Waals surface area contributed by atoms with E-state index in [2.05, 4.69) is 20.3 Å². The molecule has 9 heteroatoms. The maximum atomic E-state index is 13.4. The molecule has 0 bridgehead atoms. The molecule has 1 atom stereocenters. The van der Waals surface area contributed by atoms with Gasteiger partial charge in [0.05, 0.1) is 13.2 Å². The van der Waals surface area contributed by atoms with E-state index in [-0.39, 0.29) is 24.3 Å². The minimum Gasteiger partial charge on any atom is -0.493 e. The number of aromatic nitrogens is 3. The molecule has 0 saturated heterocycles. The van der Waals surface area contributed by atoms with Crippen LogP contribution in [0.5, 0.6) is 11.5 Å². The largest absolute Gasteiger partial charge is 0.493 e. The minimum absolute atomic E-state index is 0.0245. The van der Waals surface area contributed by atoms with Crippen LogP contribution < -0.4 is 14.8 Å². The van der Waals surface area contributed by atoms with E-state index >= 15 is 0 Å². The number of methoxy groups -OCH3 is 1. The first-order valence-corrected chi connectivity index (χ1v) is 8.86. The number of pyridine rings is 1. The van der Waals surface area contributed by atoms with Crippen molar-refractivity contribution < 1.29 is 22.6 Å². The molecule has 1 aliphatic heterocycles. The van der Waals surface area contributed by atoms with Gasteiger partial charge in [-0.05, 0) is 24.6 Å². The summed E-state index contributed by atoms with van der Waals surface area (Å²) in [4.78, 5) is 11.8. The average Bonchev–Trinajstić information content (AvgIpc) is 2.73. The van der Waals surface area contributed by atoms with E-state index in [0.717, 1.165) is 11.6 Å². The second-order valence-corrected chi connectivity index (χ2v) is 6.50. The predicted molar refractivity (Wildman–Crippen MR) is 99.9 cm³/mol. The van der Waals surface area contributed by atoms with Gasteiger partial charge in [-0.15, -0.1) is 0 Å². The van der Waals surface area contributed by atoms with Gasteiger partial charge in [0.2, 0.25) is 0 Å². The number of para-hydroxylation sites is 1. The van der Waals surface area contributed by atoms with Gasteiger partial charge in [0.25, 0.3) is 0 Å². The highest BCUT2D eigenvalue weighted by atomic mass is 19.4. The van der Waals surface area contributed by atoms with Crippen molar-refractivity contribution in [2.24, 2.45) is 0 Å². The third-order valence-electron chi connectivity index (χ3n) is 4.48. The van der Waals surface area contributed by atoms with Gasteiger partial charge in [-0.3, -0.25) is 4.98 Å². The maximum Gasteiger partial charge on any atom is 0.433 e. The number of hydrogen-bond acceptors (Lipinski definition) is 6.